The van der Waals surface area contributed by atoms with Gasteiger partial charge in [0.2, 0.25) is 0 Å². The molecule has 0 bridgehead atoms. The first-order chi connectivity index (χ1) is 10.7. The highest BCUT2D eigenvalue weighted by Gasteiger charge is 2.35. The van der Waals surface area contributed by atoms with E-state index in [0.717, 1.165) is 31.7 Å². The number of hydrogen-bond acceptors (Lipinski definition) is 4. The molecule has 1 heterocycles. The van der Waals surface area contributed by atoms with Gasteiger partial charge in [-0.3, -0.25) is 4.90 Å². The van der Waals surface area contributed by atoms with Crippen LogP contribution in [0, 0.1) is 11.7 Å². The van der Waals surface area contributed by atoms with Crippen molar-refractivity contribution in [2.45, 2.75) is 25.3 Å². The summed E-state index contributed by atoms with van der Waals surface area (Å²) in [6, 6.07) is 3.44. The Morgan fingerprint density at radius 2 is 1.74 bits per heavy atom. The zero-order valence-electron chi connectivity index (χ0n) is 13.8. The lowest BCUT2D eigenvalue weighted by Crippen LogP contribution is -2.48. The second-order valence-corrected chi connectivity index (χ2v) is 6.15. The van der Waals surface area contributed by atoms with Crippen LogP contribution in [0.4, 0.5) is 4.39 Å². The van der Waals surface area contributed by atoms with Gasteiger partial charge in [0.15, 0.2) is 11.5 Å². The van der Waals surface area contributed by atoms with E-state index < -0.39 is 0 Å². The number of piperazine rings is 1. The standard InChI is InChI=1S/C17H25FN2O2.ClH/c1-21-15-10-13(14(18)11-16(15)22-2)17(12-4-3-5-12)20-8-6-19-7-9-20;/h10-12,17,19H,3-9H2,1-2H3;1H/t17-;/m0./s1. The maximum absolute atomic E-state index is 14.7. The van der Waals surface area contributed by atoms with Crippen molar-refractivity contribution >= 4 is 12.4 Å². The van der Waals surface area contributed by atoms with Crippen LogP contribution >= 0.6 is 12.4 Å². The third-order valence-electron chi connectivity index (χ3n) is 4.96. The summed E-state index contributed by atoms with van der Waals surface area (Å²) >= 11 is 0. The average Bonchev–Trinajstić information content (AvgIpc) is 2.51. The first-order valence-corrected chi connectivity index (χ1v) is 8.10. The fourth-order valence-corrected chi connectivity index (χ4v) is 3.56. The maximum Gasteiger partial charge on any atom is 0.163 e. The summed E-state index contributed by atoms with van der Waals surface area (Å²) < 4.78 is 25.3. The number of methoxy groups -OCH3 is 2. The van der Waals surface area contributed by atoms with Crippen molar-refractivity contribution in [2.24, 2.45) is 5.92 Å². The molecular formula is C17H26ClFN2O2. The molecular weight excluding hydrogens is 319 g/mol. The van der Waals surface area contributed by atoms with Crippen molar-refractivity contribution in [3.8, 4) is 11.5 Å². The lowest BCUT2D eigenvalue weighted by Gasteiger charge is -2.43. The van der Waals surface area contributed by atoms with E-state index >= 15 is 0 Å². The lowest BCUT2D eigenvalue weighted by molar-refractivity contribution is 0.0809. The molecule has 1 aliphatic heterocycles. The molecule has 2 aliphatic rings. The van der Waals surface area contributed by atoms with Crippen molar-refractivity contribution in [1.82, 2.24) is 10.2 Å². The van der Waals surface area contributed by atoms with Gasteiger partial charge >= 0.3 is 0 Å². The second-order valence-electron chi connectivity index (χ2n) is 6.15. The Hall–Kier alpha value is -1.04. The monoisotopic (exact) mass is 344 g/mol. The fraction of sp³-hybridized carbons (Fsp3) is 0.647. The fourth-order valence-electron chi connectivity index (χ4n) is 3.56. The molecule has 3 rings (SSSR count). The number of hydrogen-bond donors (Lipinski definition) is 1. The van der Waals surface area contributed by atoms with Crippen molar-refractivity contribution in [3.63, 3.8) is 0 Å². The van der Waals surface area contributed by atoms with E-state index in [9.17, 15) is 4.39 Å². The van der Waals surface area contributed by atoms with E-state index in [1.54, 1.807) is 7.11 Å². The minimum atomic E-state index is -0.187. The van der Waals surface area contributed by atoms with Gasteiger partial charge in [-0.05, 0) is 24.8 Å². The number of nitrogens with zero attached hydrogens (tertiary/aromatic N) is 1. The molecule has 1 saturated carbocycles. The lowest BCUT2D eigenvalue weighted by atomic mass is 9.76. The molecule has 0 aromatic heterocycles. The highest BCUT2D eigenvalue weighted by Crippen LogP contribution is 2.44. The van der Waals surface area contributed by atoms with E-state index in [1.807, 2.05) is 6.07 Å². The molecule has 23 heavy (non-hydrogen) atoms. The predicted molar refractivity (Wildman–Crippen MR) is 91.3 cm³/mol. The average molecular weight is 345 g/mol. The van der Waals surface area contributed by atoms with Gasteiger partial charge in [-0.25, -0.2) is 4.39 Å². The maximum atomic E-state index is 14.7. The van der Waals surface area contributed by atoms with Crippen LogP contribution in [0.5, 0.6) is 11.5 Å². The Bertz CT molecular complexity index is 520. The molecule has 1 aliphatic carbocycles. The van der Waals surface area contributed by atoms with Crippen molar-refractivity contribution in [2.75, 3.05) is 40.4 Å². The van der Waals surface area contributed by atoms with Crippen LogP contribution in [0.15, 0.2) is 12.1 Å². The van der Waals surface area contributed by atoms with E-state index in [1.165, 1.54) is 32.4 Å². The van der Waals surface area contributed by atoms with Gasteiger partial charge in [0.25, 0.3) is 0 Å². The molecule has 0 amide bonds. The highest BCUT2D eigenvalue weighted by molar-refractivity contribution is 5.85. The number of benzene rings is 1. The third-order valence-corrected chi connectivity index (χ3v) is 4.96. The van der Waals surface area contributed by atoms with Gasteiger partial charge in [-0.15, -0.1) is 12.4 Å². The normalized spacial score (nSPS) is 20.3. The van der Waals surface area contributed by atoms with E-state index in [-0.39, 0.29) is 24.3 Å². The highest BCUT2D eigenvalue weighted by atomic mass is 35.5. The van der Waals surface area contributed by atoms with Crippen LogP contribution in [-0.2, 0) is 0 Å². The summed E-state index contributed by atoms with van der Waals surface area (Å²) in [5, 5.41) is 3.37. The zero-order chi connectivity index (χ0) is 15.5. The second kappa shape index (κ2) is 8.18. The Labute approximate surface area is 143 Å². The summed E-state index contributed by atoms with van der Waals surface area (Å²) in [6.45, 7) is 3.88. The van der Waals surface area contributed by atoms with Crippen molar-refractivity contribution < 1.29 is 13.9 Å². The number of halogens is 2. The molecule has 0 spiro atoms. The predicted octanol–water partition coefficient (Wildman–Crippen LogP) is 3.01. The third kappa shape index (κ3) is 3.73. The van der Waals surface area contributed by atoms with E-state index in [2.05, 4.69) is 10.2 Å². The van der Waals surface area contributed by atoms with Crippen LogP contribution in [0.1, 0.15) is 30.9 Å². The minimum absolute atomic E-state index is 0. The molecule has 6 heteroatoms. The Morgan fingerprint density at radius 1 is 1.13 bits per heavy atom. The first-order valence-electron chi connectivity index (χ1n) is 8.10. The van der Waals surface area contributed by atoms with Crippen LogP contribution in [0.3, 0.4) is 0 Å². The van der Waals surface area contributed by atoms with Crippen LogP contribution in [-0.4, -0.2) is 45.3 Å². The first kappa shape index (κ1) is 18.3. The van der Waals surface area contributed by atoms with Gasteiger partial charge in [0.1, 0.15) is 5.82 Å². The van der Waals surface area contributed by atoms with Crippen molar-refractivity contribution in [3.05, 3.63) is 23.5 Å². The molecule has 130 valence electrons. The Kier molecular flexibility index (Phi) is 6.50. The van der Waals surface area contributed by atoms with Gasteiger partial charge in [0.05, 0.1) is 14.2 Å². The molecule has 1 N–H and O–H groups in total. The zero-order valence-corrected chi connectivity index (χ0v) is 14.6. The quantitative estimate of drug-likeness (QED) is 0.890. The Morgan fingerprint density at radius 3 is 2.26 bits per heavy atom. The Balaban J connectivity index is 0.00000192. The summed E-state index contributed by atoms with van der Waals surface area (Å²) in [6.07, 6.45) is 3.62. The number of nitrogens with one attached hydrogen (secondary N) is 1. The van der Waals surface area contributed by atoms with Gasteiger partial charge in [-0.2, -0.15) is 0 Å². The van der Waals surface area contributed by atoms with Crippen LogP contribution < -0.4 is 14.8 Å². The van der Waals surface area contributed by atoms with Gasteiger partial charge in [0, 0.05) is 43.9 Å². The van der Waals surface area contributed by atoms with Gasteiger partial charge in [-0.1, -0.05) is 6.42 Å². The summed E-state index contributed by atoms with van der Waals surface area (Å²) in [7, 11) is 3.14. The molecule has 1 aromatic rings. The van der Waals surface area contributed by atoms with Crippen LogP contribution in [0.25, 0.3) is 0 Å². The summed E-state index contributed by atoms with van der Waals surface area (Å²) in [5.74, 6) is 1.42. The molecule has 1 aromatic carbocycles. The number of ether oxygens (including phenoxy) is 2. The van der Waals surface area contributed by atoms with E-state index in [0.29, 0.717) is 17.4 Å². The minimum Gasteiger partial charge on any atom is -0.493 e. The largest absolute Gasteiger partial charge is 0.493 e. The molecule has 1 saturated heterocycles. The summed E-state index contributed by atoms with van der Waals surface area (Å²) in [5.41, 5.74) is 0.754. The van der Waals surface area contributed by atoms with Crippen molar-refractivity contribution in [1.29, 1.82) is 0 Å². The SMILES string of the molecule is COc1cc(F)c([C@H](C2CCC2)N2CCNCC2)cc1OC.Cl. The van der Waals surface area contributed by atoms with Gasteiger partial charge < -0.3 is 14.8 Å². The molecule has 1 atom stereocenters. The number of rotatable bonds is 5. The van der Waals surface area contributed by atoms with E-state index in [4.69, 9.17) is 9.47 Å². The van der Waals surface area contributed by atoms with Crippen LogP contribution in [0.2, 0.25) is 0 Å². The molecule has 0 radical (unpaired) electrons. The molecule has 0 unspecified atom stereocenters. The molecule has 2 fully saturated rings. The smallest absolute Gasteiger partial charge is 0.163 e. The topological polar surface area (TPSA) is 33.7 Å². The summed E-state index contributed by atoms with van der Waals surface area (Å²) in [4.78, 5) is 2.42. The molecule has 4 nitrogen and oxygen atoms in total.